The van der Waals surface area contributed by atoms with E-state index in [-0.39, 0.29) is 23.1 Å². The van der Waals surface area contributed by atoms with Crippen molar-refractivity contribution in [3.05, 3.63) is 60.2 Å². The first-order chi connectivity index (χ1) is 11.4. The molecule has 0 bridgehead atoms. The van der Waals surface area contributed by atoms with Gasteiger partial charge in [-0.1, -0.05) is 30.3 Å². The van der Waals surface area contributed by atoms with Gasteiger partial charge in [-0.2, -0.15) is 0 Å². The van der Waals surface area contributed by atoms with E-state index in [0.29, 0.717) is 12.1 Å². The van der Waals surface area contributed by atoms with Gasteiger partial charge in [-0.3, -0.25) is 4.79 Å². The van der Waals surface area contributed by atoms with Crippen LogP contribution in [-0.4, -0.2) is 14.3 Å². The molecule has 1 amide bonds. The van der Waals surface area contributed by atoms with Crippen LogP contribution in [0.25, 0.3) is 0 Å². The first-order valence-electron chi connectivity index (χ1n) is 7.31. The van der Waals surface area contributed by atoms with Crippen molar-refractivity contribution >= 4 is 21.6 Å². The maximum atomic E-state index is 12.2. The highest BCUT2D eigenvalue weighted by Crippen LogP contribution is 2.23. The zero-order valence-electron chi connectivity index (χ0n) is 13.0. The fourth-order valence-electron chi connectivity index (χ4n) is 2.34. The van der Waals surface area contributed by atoms with Gasteiger partial charge >= 0.3 is 0 Å². The topological polar surface area (TPSA) is 89.3 Å². The van der Waals surface area contributed by atoms with E-state index >= 15 is 0 Å². The second-order valence-corrected chi connectivity index (χ2v) is 6.90. The van der Waals surface area contributed by atoms with Gasteiger partial charge < -0.3 is 5.32 Å². The SMILES string of the molecule is C#CCC(CC(=O)Nc1ccc(S(N)(=O)=O)cc1)c1ccccc1. The van der Waals surface area contributed by atoms with Crippen LogP contribution in [0.5, 0.6) is 0 Å². The van der Waals surface area contributed by atoms with E-state index in [1.807, 2.05) is 30.3 Å². The molecule has 2 rings (SSSR count). The molecule has 5 nitrogen and oxygen atoms in total. The lowest BCUT2D eigenvalue weighted by Crippen LogP contribution is -2.16. The fourth-order valence-corrected chi connectivity index (χ4v) is 2.85. The smallest absolute Gasteiger partial charge is 0.238 e. The second-order valence-electron chi connectivity index (χ2n) is 5.34. The van der Waals surface area contributed by atoms with Gasteiger partial charge in [0, 0.05) is 24.4 Å². The zero-order valence-corrected chi connectivity index (χ0v) is 13.8. The Morgan fingerprint density at radius 3 is 2.29 bits per heavy atom. The number of terminal acetylenes is 1. The molecule has 0 aliphatic heterocycles. The number of hydrogen-bond acceptors (Lipinski definition) is 3. The molecule has 2 aromatic rings. The molecule has 2 aromatic carbocycles. The number of nitrogens with one attached hydrogen (secondary N) is 1. The molecule has 0 saturated carbocycles. The molecule has 0 spiro atoms. The van der Waals surface area contributed by atoms with Crippen molar-refractivity contribution in [2.75, 3.05) is 5.32 Å². The number of primary sulfonamides is 1. The van der Waals surface area contributed by atoms with Crippen molar-refractivity contribution in [2.24, 2.45) is 5.14 Å². The van der Waals surface area contributed by atoms with E-state index in [1.165, 1.54) is 24.3 Å². The quantitative estimate of drug-likeness (QED) is 0.790. The van der Waals surface area contributed by atoms with Crippen LogP contribution in [0.4, 0.5) is 5.69 Å². The summed E-state index contributed by atoms with van der Waals surface area (Å²) >= 11 is 0. The molecular formula is C18H18N2O3S. The summed E-state index contributed by atoms with van der Waals surface area (Å²) in [6.07, 6.45) is 6.10. The predicted octanol–water partition coefficient (Wildman–Crippen LogP) is 2.47. The average molecular weight is 342 g/mol. The summed E-state index contributed by atoms with van der Waals surface area (Å²) in [6, 6.07) is 15.3. The summed E-state index contributed by atoms with van der Waals surface area (Å²) < 4.78 is 22.4. The lowest BCUT2D eigenvalue weighted by Gasteiger charge is -2.14. The number of nitrogens with two attached hydrogens (primary N) is 1. The van der Waals surface area contributed by atoms with Crippen molar-refractivity contribution in [2.45, 2.75) is 23.7 Å². The summed E-state index contributed by atoms with van der Waals surface area (Å²) in [6.45, 7) is 0. The zero-order chi connectivity index (χ0) is 17.6. The van der Waals surface area contributed by atoms with Gasteiger partial charge in [-0.15, -0.1) is 12.3 Å². The monoisotopic (exact) mass is 342 g/mol. The molecule has 0 heterocycles. The normalized spacial score (nSPS) is 12.2. The standard InChI is InChI=1S/C18H18N2O3S/c1-2-6-15(14-7-4-3-5-8-14)13-18(21)20-16-9-11-17(12-10-16)24(19,22)23/h1,3-5,7-12,15H,6,13H2,(H,20,21)(H2,19,22,23). The Labute approximate surface area is 141 Å². The minimum absolute atomic E-state index is 0.00464. The molecule has 1 atom stereocenters. The third-order valence-corrected chi connectivity index (χ3v) is 4.46. The molecule has 0 aliphatic carbocycles. The molecule has 0 aromatic heterocycles. The highest BCUT2D eigenvalue weighted by molar-refractivity contribution is 7.89. The van der Waals surface area contributed by atoms with E-state index in [2.05, 4.69) is 11.2 Å². The van der Waals surface area contributed by atoms with Crippen LogP contribution in [-0.2, 0) is 14.8 Å². The predicted molar refractivity (Wildman–Crippen MR) is 93.7 cm³/mol. The highest BCUT2D eigenvalue weighted by Gasteiger charge is 2.15. The van der Waals surface area contributed by atoms with Gasteiger partial charge in [0.2, 0.25) is 15.9 Å². The van der Waals surface area contributed by atoms with Crippen LogP contribution >= 0.6 is 0 Å². The van der Waals surface area contributed by atoms with Crippen LogP contribution in [0.2, 0.25) is 0 Å². The molecule has 0 fully saturated rings. The number of carbonyl (C=O) groups excluding carboxylic acids is 1. The Balaban J connectivity index is 2.05. The van der Waals surface area contributed by atoms with Crippen molar-refractivity contribution in [1.82, 2.24) is 0 Å². The Bertz CT molecular complexity index is 838. The number of hydrogen-bond donors (Lipinski definition) is 2. The average Bonchev–Trinajstić information content (AvgIpc) is 2.55. The van der Waals surface area contributed by atoms with Crippen molar-refractivity contribution in [3.8, 4) is 12.3 Å². The van der Waals surface area contributed by atoms with Gasteiger partial charge in [-0.25, -0.2) is 13.6 Å². The van der Waals surface area contributed by atoms with Gasteiger partial charge in [0.1, 0.15) is 0 Å². The van der Waals surface area contributed by atoms with Crippen LogP contribution in [0.3, 0.4) is 0 Å². The van der Waals surface area contributed by atoms with E-state index in [1.54, 1.807) is 0 Å². The Morgan fingerprint density at radius 1 is 1.12 bits per heavy atom. The van der Waals surface area contributed by atoms with Gasteiger partial charge in [0.15, 0.2) is 0 Å². The van der Waals surface area contributed by atoms with E-state index in [0.717, 1.165) is 5.56 Å². The lowest BCUT2D eigenvalue weighted by atomic mass is 9.92. The van der Waals surface area contributed by atoms with E-state index in [4.69, 9.17) is 11.6 Å². The van der Waals surface area contributed by atoms with Crippen molar-refractivity contribution < 1.29 is 13.2 Å². The Hall–Kier alpha value is -2.62. The molecule has 0 aliphatic rings. The largest absolute Gasteiger partial charge is 0.326 e. The maximum absolute atomic E-state index is 12.2. The second kappa shape index (κ2) is 7.77. The molecule has 1 unspecified atom stereocenters. The Kier molecular flexibility index (Phi) is 5.74. The molecule has 24 heavy (non-hydrogen) atoms. The maximum Gasteiger partial charge on any atom is 0.238 e. The van der Waals surface area contributed by atoms with Crippen LogP contribution in [0.15, 0.2) is 59.5 Å². The number of rotatable bonds is 6. The molecule has 6 heteroatoms. The minimum Gasteiger partial charge on any atom is -0.326 e. The minimum atomic E-state index is -3.75. The fraction of sp³-hybridized carbons (Fsp3) is 0.167. The third-order valence-electron chi connectivity index (χ3n) is 3.53. The first kappa shape index (κ1) is 17.7. The highest BCUT2D eigenvalue weighted by atomic mass is 32.2. The summed E-state index contributed by atoms with van der Waals surface area (Å²) in [5.74, 6) is 2.34. The molecule has 124 valence electrons. The lowest BCUT2D eigenvalue weighted by molar-refractivity contribution is -0.116. The number of carbonyl (C=O) groups is 1. The third kappa shape index (κ3) is 4.95. The molecular weight excluding hydrogens is 324 g/mol. The van der Waals surface area contributed by atoms with Crippen molar-refractivity contribution in [3.63, 3.8) is 0 Å². The van der Waals surface area contributed by atoms with Crippen LogP contribution in [0.1, 0.15) is 24.3 Å². The van der Waals surface area contributed by atoms with Crippen LogP contribution < -0.4 is 10.5 Å². The summed E-state index contributed by atoms with van der Waals surface area (Å²) in [7, 11) is -3.75. The number of amides is 1. The number of sulfonamides is 1. The first-order valence-corrected chi connectivity index (χ1v) is 8.86. The van der Waals surface area contributed by atoms with E-state index < -0.39 is 10.0 Å². The van der Waals surface area contributed by atoms with Gasteiger partial charge in [-0.05, 0) is 29.8 Å². The van der Waals surface area contributed by atoms with E-state index in [9.17, 15) is 13.2 Å². The van der Waals surface area contributed by atoms with Crippen molar-refractivity contribution in [1.29, 1.82) is 0 Å². The molecule has 0 saturated heterocycles. The molecule has 3 N–H and O–H groups in total. The van der Waals surface area contributed by atoms with Gasteiger partial charge in [0.05, 0.1) is 4.90 Å². The van der Waals surface area contributed by atoms with Gasteiger partial charge in [0.25, 0.3) is 0 Å². The molecule has 0 radical (unpaired) electrons. The summed E-state index contributed by atoms with van der Waals surface area (Å²) in [5.41, 5.74) is 1.51. The number of anilines is 1. The van der Waals surface area contributed by atoms with Crippen LogP contribution in [0, 0.1) is 12.3 Å². The summed E-state index contributed by atoms with van der Waals surface area (Å²) in [4.78, 5) is 12.2. The Morgan fingerprint density at radius 2 is 1.75 bits per heavy atom. The summed E-state index contributed by atoms with van der Waals surface area (Å²) in [5, 5.41) is 7.77. The number of benzene rings is 2.